The number of benzene rings is 1. The summed E-state index contributed by atoms with van der Waals surface area (Å²) >= 11 is 0. The van der Waals surface area contributed by atoms with Crippen molar-refractivity contribution in [3.63, 3.8) is 0 Å². The number of alkyl halides is 3. The quantitative estimate of drug-likeness (QED) is 0.259. The van der Waals surface area contributed by atoms with E-state index < -0.39 is 91.9 Å². The van der Waals surface area contributed by atoms with Gasteiger partial charge in [0.15, 0.2) is 11.6 Å². The fourth-order valence-corrected chi connectivity index (χ4v) is 8.14. The number of ether oxygens (including phenoxy) is 4. The Kier molecular flexibility index (Phi) is 11.2. The smallest absolute Gasteiger partial charge is 0.427 e. The minimum Gasteiger partial charge on any atom is -0.494 e. The van der Waals surface area contributed by atoms with Crippen molar-refractivity contribution in [3.05, 3.63) is 42.4 Å². The molecular weight excluding hydrogens is 782 g/mol. The summed E-state index contributed by atoms with van der Waals surface area (Å²) in [5.74, 6) is -4.20. The minimum atomic E-state index is -4.96. The molecule has 15 nitrogen and oxygen atoms in total. The number of pyridine rings is 1. The van der Waals surface area contributed by atoms with Gasteiger partial charge < -0.3 is 34.5 Å². The normalized spacial score (nSPS) is 28.4. The van der Waals surface area contributed by atoms with Crippen molar-refractivity contribution >= 4 is 44.6 Å². The fourth-order valence-electron chi connectivity index (χ4n) is 6.83. The molecule has 1 saturated heterocycles. The lowest BCUT2D eigenvalue weighted by Crippen LogP contribution is -2.60. The standard InChI is InChI=1S/C37H45F4N5O10S/c1-20-28(43-33(50)56-34(2,3)37(39,40)41)31(48)46-19-23(55-30-24-17-25(38)27(53-5)15-21(24)10-13-42-30)16-26(46)29(47)44-36(18-22(36)9-7-6-8-14-54-20)32(49)45-57(51,52)35(4)11-12-35/h7,9-10,13,15,17,20,22-23,26,28H,6,8,11-12,14,16,18-19H2,1-5H3,(H,43,50)(H,44,47)(H,45,49)/b9-7-/t20-,22+,23+,26-,28-,36+/m0/s1. The van der Waals surface area contributed by atoms with Crippen LogP contribution < -0.4 is 24.8 Å². The molecule has 0 radical (unpaired) electrons. The highest BCUT2D eigenvalue weighted by atomic mass is 32.2. The molecule has 2 aliphatic heterocycles. The van der Waals surface area contributed by atoms with E-state index in [0.29, 0.717) is 44.9 Å². The highest BCUT2D eigenvalue weighted by Crippen LogP contribution is 2.47. The second kappa shape index (κ2) is 15.2. The summed E-state index contributed by atoms with van der Waals surface area (Å²) < 4.78 is 105. The topological polar surface area (TPSA) is 192 Å². The third-order valence-corrected chi connectivity index (χ3v) is 13.2. The number of fused-ring (bicyclic) bond motifs is 3. The van der Waals surface area contributed by atoms with Gasteiger partial charge in [0.2, 0.25) is 33.3 Å². The summed E-state index contributed by atoms with van der Waals surface area (Å²) in [4.78, 5) is 61.0. The third kappa shape index (κ3) is 8.47. The van der Waals surface area contributed by atoms with Gasteiger partial charge in [-0.1, -0.05) is 12.2 Å². The SMILES string of the molecule is COc1cc2ccnc(O[C@@H]3C[C@H]4C(=O)N[C@]5(C(=O)NS(=O)(=O)C6(C)CC6)C[C@H]5/C=C\CCCO[C@@H](C)[C@H](NC(=O)OC(C)(C)C(F)(F)F)C(=O)N4C3)c2cc1F. The number of halogens is 4. The van der Waals surface area contributed by atoms with Crippen molar-refractivity contribution in [3.8, 4) is 11.6 Å². The molecule has 0 unspecified atom stereocenters. The molecule has 3 fully saturated rings. The van der Waals surface area contributed by atoms with Gasteiger partial charge in [0.1, 0.15) is 23.7 Å². The van der Waals surface area contributed by atoms with E-state index in [-0.39, 0.29) is 43.0 Å². The predicted molar refractivity (Wildman–Crippen MR) is 194 cm³/mol. The van der Waals surface area contributed by atoms with Gasteiger partial charge in [0.05, 0.1) is 24.5 Å². The van der Waals surface area contributed by atoms with Crippen molar-refractivity contribution in [2.24, 2.45) is 5.92 Å². The molecule has 312 valence electrons. The van der Waals surface area contributed by atoms with Crippen LogP contribution in [0.4, 0.5) is 22.4 Å². The first-order chi connectivity index (χ1) is 26.6. The number of alkyl carbamates (subject to hydrolysis) is 1. The Bertz CT molecular complexity index is 2080. The predicted octanol–water partition coefficient (Wildman–Crippen LogP) is 3.80. The molecule has 2 aromatic rings. The van der Waals surface area contributed by atoms with Crippen LogP contribution >= 0.6 is 0 Å². The summed E-state index contributed by atoms with van der Waals surface area (Å²) in [6.07, 6.45) is -2.60. The molecule has 6 rings (SSSR count). The van der Waals surface area contributed by atoms with Gasteiger partial charge in [-0.25, -0.2) is 22.6 Å². The Balaban J connectivity index is 1.34. The van der Waals surface area contributed by atoms with Gasteiger partial charge in [-0.05, 0) is 83.4 Å². The second-order valence-corrected chi connectivity index (χ2v) is 17.8. The van der Waals surface area contributed by atoms with Gasteiger partial charge >= 0.3 is 12.3 Å². The van der Waals surface area contributed by atoms with E-state index in [1.807, 2.05) is 0 Å². The molecule has 2 saturated carbocycles. The second-order valence-electron chi connectivity index (χ2n) is 15.6. The van der Waals surface area contributed by atoms with Gasteiger partial charge in [-0.2, -0.15) is 13.2 Å². The molecule has 0 spiro atoms. The van der Waals surface area contributed by atoms with E-state index in [9.17, 15) is 45.2 Å². The fraction of sp³-hybridized carbons (Fsp3) is 0.595. The molecule has 57 heavy (non-hydrogen) atoms. The van der Waals surface area contributed by atoms with E-state index >= 15 is 0 Å². The number of sulfonamides is 1. The van der Waals surface area contributed by atoms with Crippen molar-refractivity contribution in [1.82, 2.24) is 25.2 Å². The summed E-state index contributed by atoms with van der Waals surface area (Å²) in [6, 6.07) is 1.04. The highest BCUT2D eigenvalue weighted by Gasteiger charge is 2.63. The number of hydrogen-bond donors (Lipinski definition) is 3. The highest BCUT2D eigenvalue weighted by molar-refractivity contribution is 7.91. The zero-order chi connectivity index (χ0) is 41.7. The van der Waals surface area contributed by atoms with Crippen LogP contribution in [0.1, 0.15) is 66.2 Å². The number of carbonyl (C=O) groups is 4. The van der Waals surface area contributed by atoms with Crippen LogP contribution in [0.3, 0.4) is 0 Å². The number of carbonyl (C=O) groups excluding carboxylic acids is 4. The summed E-state index contributed by atoms with van der Waals surface area (Å²) in [7, 11) is -2.81. The lowest BCUT2D eigenvalue weighted by Gasteiger charge is -2.33. The number of allylic oxidation sites excluding steroid dienone is 1. The first-order valence-electron chi connectivity index (χ1n) is 18.4. The number of nitrogens with zero attached hydrogens (tertiary/aromatic N) is 2. The van der Waals surface area contributed by atoms with Crippen molar-refractivity contribution in [2.45, 2.75) is 113 Å². The van der Waals surface area contributed by atoms with Crippen molar-refractivity contribution in [2.75, 3.05) is 20.3 Å². The van der Waals surface area contributed by atoms with Gasteiger partial charge in [0, 0.05) is 30.5 Å². The van der Waals surface area contributed by atoms with Crippen LogP contribution in [-0.2, 0) is 33.9 Å². The lowest BCUT2D eigenvalue weighted by molar-refractivity contribution is -0.244. The Morgan fingerprint density at radius 2 is 1.88 bits per heavy atom. The lowest BCUT2D eigenvalue weighted by atomic mass is 10.1. The van der Waals surface area contributed by atoms with Crippen LogP contribution in [-0.4, -0.2) is 109 Å². The van der Waals surface area contributed by atoms with Crippen molar-refractivity contribution in [1.29, 1.82) is 0 Å². The summed E-state index contributed by atoms with van der Waals surface area (Å²) in [5.41, 5.74) is -4.65. The minimum absolute atomic E-state index is 0.0353. The Labute approximate surface area is 326 Å². The maximum Gasteiger partial charge on any atom is 0.427 e. The molecule has 1 aromatic heterocycles. The summed E-state index contributed by atoms with van der Waals surface area (Å²) in [6.45, 7) is 3.88. The largest absolute Gasteiger partial charge is 0.494 e. The average molecular weight is 828 g/mol. The van der Waals surface area contributed by atoms with Crippen LogP contribution in [0, 0.1) is 11.7 Å². The maximum atomic E-state index is 14.8. The van der Waals surface area contributed by atoms with E-state index in [2.05, 4.69) is 20.3 Å². The molecular formula is C37H45F4N5O10S. The van der Waals surface area contributed by atoms with Crippen LogP contribution in [0.5, 0.6) is 11.6 Å². The molecule has 20 heteroatoms. The van der Waals surface area contributed by atoms with Gasteiger partial charge in [0.25, 0.3) is 5.91 Å². The number of nitrogens with one attached hydrogen (secondary N) is 3. The molecule has 0 bridgehead atoms. The molecule has 1 aromatic carbocycles. The van der Waals surface area contributed by atoms with Gasteiger partial charge in [-0.3, -0.25) is 19.1 Å². The summed E-state index contributed by atoms with van der Waals surface area (Å²) in [5, 5.41) is 5.64. The van der Waals surface area contributed by atoms with Crippen LogP contribution in [0.15, 0.2) is 36.5 Å². The molecule has 4 aliphatic rings. The molecule has 3 heterocycles. The molecule has 6 atom stereocenters. The third-order valence-electron chi connectivity index (χ3n) is 11.0. The van der Waals surface area contributed by atoms with E-state index in [1.54, 1.807) is 18.2 Å². The Hall–Kier alpha value is -4.72. The van der Waals surface area contributed by atoms with E-state index in [0.717, 1.165) is 11.0 Å². The Morgan fingerprint density at radius 1 is 1.16 bits per heavy atom. The maximum absolute atomic E-state index is 14.8. The molecule has 3 N–H and O–H groups in total. The first kappa shape index (κ1) is 41.9. The zero-order valence-electron chi connectivity index (χ0n) is 31.9. The number of aromatic nitrogens is 1. The Morgan fingerprint density at radius 3 is 2.54 bits per heavy atom. The number of methoxy groups -OCH3 is 1. The molecule has 2 aliphatic carbocycles. The average Bonchev–Trinajstić information content (AvgIpc) is 4.01. The van der Waals surface area contributed by atoms with E-state index in [1.165, 1.54) is 33.2 Å². The van der Waals surface area contributed by atoms with Crippen LogP contribution in [0.25, 0.3) is 10.8 Å². The number of rotatable bonds is 8. The number of amides is 4. The zero-order valence-corrected chi connectivity index (χ0v) is 32.7. The monoisotopic (exact) mass is 827 g/mol. The van der Waals surface area contributed by atoms with Crippen LogP contribution in [0.2, 0.25) is 0 Å². The van der Waals surface area contributed by atoms with Gasteiger partial charge in [-0.15, -0.1) is 0 Å². The molecule has 4 amide bonds. The first-order valence-corrected chi connectivity index (χ1v) is 19.9. The van der Waals surface area contributed by atoms with E-state index in [4.69, 9.17) is 18.9 Å². The number of hydrogen-bond acceptors (Lipinski definition) is 11. The van der Waals surface area contributed by atoms with Crippen molar-refractivity contribution < 1.29 is 64.1 Å².